The SMILES string of the molecule is COc1cc([C@H]2CC(=O)c3cnn(-c4ccc(C)cc4)c3C2)cc(OC)c1OC. The Morgan fingerprint density at radius 2 is 1.62 bits per heavy atom. The first-order valence-corrected chi connectivity index (χ1v) is 9.52. The Labute approximate surface area is 170 Å². The van der Waals surface area contributed by atoms with Crippen LogP contribution in [0.25, 0.3) is 5.69 Å². The van der Waals surface area contributed by atoms with Crippen LogP contribution in [0.3, 0.4) is 0 Å². The van der Waals surface area contributed by atoms with Crippen molar-refractivity contribution in [2.24, 2.45) is 0 Å². The molecular formula is C23H24N2O4. The highest BCUT2D eigenvalue weighted by molar-refractivity contribution is 5.98. The van der Waals surface area contributed by atoms with Gasteiger partial charge in [-0.25, -0.2) is 4.68 Å². The molecule has 0 amide bonds. The normalized spacial score (nSPS) is 15.7. The Morgan fingerprint density at radius 3 is 2.21 bits per heavy atom. The van der Waals surface area contributed by atoms with Crippen LogP contribution in [0.15, 0.2) is 42.6 Å². The van der Waals surface area contributed by atoms with Gasteiger partial charge in [0.1, 0.15) is 0 Å². The van der Waals surface area contributed by atoms with Gasteiger partial charge in [0.25, 0.3) is 0 Å². The predicted molar refractivity (Wildman–Crippen MR) is 110 cm³/mol. The van der Waals surface area contributed by atoms with Crippen molar-refractivity contribution in [3.8, 4) is 22.9 Å². The number of benzene rings is 2. The number of aryl methyl sites for hydroxylation is 1. The molecule has 0 fully saturated rings. The van der Waals surface area contributed by atoms with Crippen molar-refractivity contribution in [2.75, 3.05) is 21.3 Å². The summed E-state index contributed by atoms with van der Waals surface area (Å²) in [5.41, 5.74) is 4.75. The lowest BCUT2D eigenvalue weighted by Gasteiger charge is -2.24. The summed E-state index contributed by atoms with van der Waals surface area (Å²) >= 11 is 0. The highest BCUT2D eigenvalue weighted by Gasteiger charge is 2.31. The number of carbonyl (C=O) groups is 1. The van der Waals surface area contributed by atoms with Gasteiger partial charge in [-0.15, -0.1) is 0 Å². The lowest BCUT2D eigenvalue weighted by molar-refractivity contribution is 0.0963. The van der Waals surface area contributed by atoms with Gasteiger partial charge in [-0.05, 0) is 49.1 Å². The van der Waals surface area contributed by atoms with Crippen LogP contribution in [0, 0.1) is 6.92 Å². The third kappa shape index (κ3) is 3.35. The van der Waals surface area contributed by atoms with Crippen LogP contribution in [0.2, 0.25) is 0 Å². The third-order valence-electron chi connectivity index (χ3n) is 5.48. The number of hydrogen-bond donors (Lipinski definition) is 0. The van der Waals surface area contributed by atoms with Gasteiger partial charge >= 0.3 is 0 Å². The molecular weight excluding hydrogens is 368 g/mol. The molecule has 1 heterocycles. The number of Topliss-reactive ketones (excluding diaryl/α,β-unsaturated/α-hetero) is 1. The van der Waals surface area contributed by atoms with E-state index in [1.807, 2.05) is 48.0 Å². The fourth-order valence-electron chi connectivity index (χ4n) is 3.92. The molecule has 1 aromatic heterocycles. The molecule has 0 saturated carbocycles. The van der Waals surface area contributed by atoms with Crippen molar-refractivity contribution < 1.29 is 19.0 Å². The molecule has 6 nitrogen and oxygen atoms in total. The number of hydrogen-bond acceptors (Lipinski definition) is 5. The van der Waals surface area contributed by atoms with E-state index in [2.05, 4.69) is 5.10 Å². The number of aromatic nitrogens is 2. The fourth-order valence-corrected chi connectivity index (χ4v) is 3.92. The van der Waals surface area contributed by atoms with E-state index in [9.17, 15) is 4.79 Å². The van der Waals surface area contributed by atoms with Gasteiger partial charge in [-0.1, -0.05) is 17.7 Å². The van der Waals surface area contributed by atoms with E-state index in [4.69, 9.17) is 14.2 Å². The predicted octanol–water partition coefficient (Wildman–Crippen LogP) is 4.12. The van der Waals surface area contributed by atoms with Gasteiger partial charge in [-0.3, -0.25) is 4.79 Å². The third-order valence-corrected chi connectivity index (χ3v) is 5.48. The zero-order chi connectivity index (χ0) is 20.5. The Morgan fingerprint density at radius 1 is 0.966 bits per heavy atom. The molecule has 0 aliphatic heterocycles. The number of methoxy groups -OCH3 is 3. The van der Waals surface area contributed by atoms with E-state index < -0.39 is 0 Å². The second-order valence-electron chi connectivity index (χ2n) is 7.24. The zero-order valence-electron chi connectivity index (χ0n) is 17.1. The van der Waals surface area contributed by atoms with Crippen molar-refractivity contribution in [1.29, 1.82) is 0 Å². The van der Waals surface area contributed by atoms with Crippen LogP contribution in [-0.4, -0.2) is 36.9 Å². The van der Waals surface area contributed by atoms with Crippen LogP contribution in [0.1, 0.15) is 39.5 Å². The number of fused-ring (bicyclic) bond motifs is 1. The van der Waals surface area contributed by atoms with Gasteiger partial charge in [0.2, 0.25) is 5.75 Å². The molecule has 4 rings (SSSR count). The lowest BCUT2D eigenvalue weighted by atomic mass is 9.82. The minimum atomic E-state index is 0.00426. The number of ketones is 1. The number of carbonyl (C=O) groups excluding carboxylic acids is 1. The summed E-state index contributed by atoms with van der Waals surface area (Å²) in [6.45, 7) is 2.05. The molecule has 0 spiro atoms. The lowest BCUT2D eigenvalue weighted by Crippen LogP contribution is -2.20. The van der Waals surface area contributed by atoms with E-state index in [0.717, 1.165) is 16.9 Å². The average Bonchev–Trinajstić information content (AvgIpc) is 3.17. The fraction of sp³-hybridized carbons (Fsp3) is 0.304. The van der Waals surface area contributed by atoms with Crippen molar-refractivity contribution in [3.05, 3.63) is 65.0 Å². The van der Waals surface area contributed by atoms with Gasteiger partial charge in [0.05, 0.1) is 44.5 Å². The first-order chi connectivity index (χ1) is 14.0. The first-order valence-electron chi connectivity index (χ1n) is 9.52. The minimum absolute atomic E-state index is 0.00426. The maximum absolute atomic E-state index is 12.9. The standard InChI is InChI=1S/C23H24N2O4/c1-14-5-7-17(8-6-14)25-19-9-15(10-20(26)18(19)13-24-25)16-11-21(27-2)23(29-4)22(12-16)28-3/h5-8,11-13,15H,9-10H2,1-4H3/t15-/m1/s1. The second kappa shape index (κ2) is 7.62. The Kier molecular flexibility index (Phi) is 5.01. The molecule has 3 aromatic rings. The van der Waals surface area contributed by atoms with Crippen LogP contribution in [0.5, 0.6) is 17.2 Å². The van der Waals surface area contributed by atoms with E-state index in [1.165, 1.54) is 5.56 Å². The van der Waals surface area contributed by atoms with Gasteiger partial charge in [-0.2, -0.15) is 5.10 Å². The molecule has 1 atom stereocenters. The quantitative estimate of drug-likeness (QED) is 0.654. The molecule has 0 N–H and O–H groups in total. The average molecular weight is 392 g/mol. The summed E-state index contributed by atoms with van der Waals surface area (Å²) in [6, 6.07) is 12.0. The Balaban J connectivity index is 1.75. The Bertz CT molecular complexity index is 1030. The molecule has 1 aliphatic rings. The van der Waals surface area contributed by atoms with E-state index >= 15 is 0 Å². The minimum Gasteiger partial charge on any atom is -0.493 e. The highest BCUT2D eigenvalue weighted by Crippen LogP contribution is 2.43. The second-order valence-corrected chi connectivity index (χ2v) is 7.24. The first kappa shape index (κ1) is 19.1. The van der Waals surface area contributed by atoms with Crippen LogP contribution in [0.4, 0.5) is 0 Å². The molecule has 6 heteroatoms. The molecule has 29 heavy (non-hydrogen) atoms. The maximum atomic E-state index is 12.9. The monoisotopic (exact) mass is 392 g/mol. The van der Waals surface area contributed by atoms with Crippen molar-refractivity contribution in [1.82, 2.24) is 9.78 Å². The molecule has 0 bridgehead atoms. The van der Waals surface area contributed by atoms with Crippen LogP contribution in [-0.2, 0) is 6.42 Å². The summed E-state index contributed by atoms with van der Waals surface area (Å²) in [4.78, 5) is 12.9. The van der Waals surface area contributed by atoms with Gasteiger partial charge in [0, 0.05) is 6.42 Å². The van der Waals surface area contributed by atoms with Crippen LogP contribution < -0.4 is 14.2 Å². The number of ether oxygens (including phenoxy) is 3. The number of nitrogens with zero attached hydrogens (tertiary/aromatic N) is 2. The van der Waals surface area contributed by atoms with Gasteiger partial charge in [0.15, 0.2) is 17.3 Å². The largest absolute Gasteiger partial charge is 0.493 e. The molecule has 0 radical (unpaired) electrons. The molecule has 0 saturated heterocycles. The summed E-state index contributed by atoms with van der Waals surface area (Å²) in [7, 11) is 4.77. The summed E-state index contributed by atoms with van der Waals surface area (Å²) in [5.74, 6) is 1.83. The molecule has 150 valence electrons. The summed E-state index contributed by atoms with van der Waals surface area (Å²) in [5, 5.41) is 4.50. The highest BCUT2D eigenvalue weighted by atomic mass is 16.5. The smallest absolute Gasteiger partial charge is 0.203 e. The van der Waals surface area contributed by atoms with Crippen molar-refractivity contribution in [2.45, 2.75) is 25.7 Å². The van der Waals surface area contributed by atoms with E-state index in [1.54, 1.807) is 27.5 Å². The molecule has 2 aromatic carbocycles. The molecule has 1 aliphatic carbocycles. The summed E-state index contributed by atoms with van der Waals surface area (Å²) in [6.07, 6.45) is 2.81. The van der Waals surface area contributed by atoms with Crippen molar-refractivity contribution >= 4 is 5.78 Å². The molecule has 0 unspecified atom stereocenters. The van der Waals surface area contributed by atoms with Crippen molar-refractivity contribution in [3.63, 3.8) is 0 Å². The zero-order valence-corrected chi connectivity index (χ0v) is 17.1. The number of rotatable bonds is 5. The van der Waals surface area contributed by atoms with Crippen LogP contribution >= 0.6 is 0 Å². The maximum Gasteiger partial charge on any atom is 0.203 e. The van der Waals surface area contributed by atoms with Gasteiger partial charge < -0.3 is 14.2 Å². The topological polar surface area (TPSA) is 62.6 Å². The Hall–Kier alpha value is -3.28. The van der Waals surface area contributed by atoms with E-state index in [0.29, 0.717) is 35.7 Å². The summed E-state index contributed by atoms with van der Waals surface area (Å²) < 4.78 is 18.3. The van der Waals surface area contributed by atoms with E-state index in [-0.39, 0.29) is 11.7 Å².